The number of alkyl halides is 3. The Balaban J connectivity index is 1.91. The van der Waals surface area contributed by atoms with Gasteiger partial charge in [-0.3, -0.25) is 4.79 Å². The van der Waals surface area contributed by atoms with Crippen LogP contribution in [0.2, 0.25) is 0 Å². The summed E-state index contributed by atoms with van der Waals surface area (Å²) >= 11 is 3.96. The van der Waals surface area contributed by atoms with Crippen LogP contribution >= 0.6 is 34.9 Å². The number of anilines is 1. The van der Waals surface area contributed by atoms with Crippen LogP contribution in [0.3, 0.4) is 0 Å². The van der Waals surface area contributed by atoms with Gasteiger partial charge in [-0.15, -0.1) is 10.2 Å². The van der Waals surface area contributed by atoms with Crippen LogP contribution in [0.1, 0.15) is 12.5 Å². The van der Waals surface area contributed by atoms with Crippen LogP contribution in [0.4, 0.5) is 18.9 Å². The molecule has 1 amide bonds. The predicted molar refractivity (Wildman–Crippen MR) is 96.2 cm³/mol. The van der Waals surface area contributed by atoms with Crippen molar-refractivity contribution in [2.24, 2.45) is 0 Å². The number of nitrogens with zero attached hydrogens (tertiary/aromatic N) is 2. The Bertz CT molecular complexity index is 762. The lowest BCUT2D eigenvalue weighted by atomic mass is 10.1. The molecule has 0 saturated heterocycles. The number of halogens is 3. The summed E-state index contributed by atoms with van der Waals surface area (Å²) in [5.41, 5.74) is -0.115. The number of hydrogen-bond acceptors (Lipinski definition) is 6. The van der Waals surface area contributed by atoms with Crippen molar-refractivity contribution in [2.45, 2.75) is 21.8 Å². The highest BCUT2D eigenvalue weighted by Crippen LogP contribution is 2.35. The molecule has 0 spiro atoms. The van der Waals surface area contributed by atoms with Gasteiger partial charge in [0.15, 0.2) is 8.68 Å². The summed E-state index contributed by atoms with van der Waals surface area (Å²) in [6.45, 7) is 5.71. The van der Waals surface area contributed by atoms with Crippen molar-refractivity contribution in [1.82, 2.24) is 10.2 Å². The zero-order valence-electron chi connectivity index (χ0n) is 13.1. The van der Waals surface area contributed by atoms with Gasteiger partial charge in [-0.1, -0.05) is 59.1 Å². The van der Waals surface area contributed by atoms with Crippen LogP contribution in [-0.2, 0) is 11.0 Å². The van der Waals surface area contributed by atoms with Crippen LogP contribution < -0.4 is 5.32 Å². The molecule has 25 heavy (non-hydrogen) atoms. The number of carbonyl (C=O) groups is 1. The van der Waals surface area contributed by atoms with E-state index in [2.05, 4.69) is 22.1 Å². The summed E-state index contributed by atoms with van der Waals surface area (Å²) < 4.78 is 40.0. The van der Waals surface area contributed by atoms with E-state index in [1.165, 1.54) is 41.3 Å². The summed E-state index contributed by atoms with van der Waals surface area (Å²) in [5, 5.41) is 10.2. The summed E-state index contributed by atoms with van der Waals surface area (Å²) in [6.07, 6.45) is -4.52. The molecule has 1 heterocycles. The summed E-state index contributed by atoms with van der Waals surface area (Å²) in [7, 11) is 0. The first kappa shape index (κ1) is 19.8. The van der Waals surface area contributed by atoms with E-state index in [1.54, 1.807) is 0 Å². The number of thioether (sulfide) groups is 2. The molecule has 4 nitrogen and oxygen atoms in total. The maximum atomic E-state index is 12.9. The molecule has 134 valence electrons. The second-order valence-electron chi connectivity index (χ2n) is 4.96. The third-order valence-electron chi connectivity index (χ3n) is 2.66. The first-order valence-corrected chi connectivity index (χ1v) is 9.74. The Labute approximate surface area is 155 Å². The van der Waals surface area contributed by atoms with E-state index >= 15 is 0 Å². The van der Waals surface area contributed by atoms with Crippen molar-refractivity contribution < 1.29 is 18.0 Å². The van der Waals surface area contributed by atoms with E-state index in [9.17, 15) is 18.0 Å². The number of aromatic nitrogens is 2. The minimum absolute atomic E-state index is 0.0496. The normalized spacial score (nSPS) is 11.4. The van der Waals surface area contributed by atoms with Gasteiger partial charge in [0.05, 0.1) is 17.0 Å². The van der Waals surface area contributed by atoms with Crippen LogP contribution in [0, 0.1) is 0 Å². The molecule has 10 heteroatoms. The second kappa shape index (κ2) is 8.72. The third-order valence-corrected chi connectivity index (χ3v) is 6.08. The number of amides is 1. The molecule has 0 aliphatic heterocycles. The fraction of sp³-hybridized carbons (Fsp3) is 0.267. The Morgan fingerprint density at radius 3 is 2.40 bits per heavy atom. The van der Waals surface area contributed by atoms with Crippen LogP contribution in [0.5, 0.6) is 0 Å². The number of benzene rings is 1. The molecule has 1 N–H and O–H groups in total. The standard InChI is InChI=1S/C15H14F3N3OS3/c1-9(2)7-23-13-20-21-14(25-13)24-8-12(22)19-11-6-4-3-5-10(11)15(16,17)18/h3-6H,1,7-8H2,2H3,(H,19,22). The average molecular weight is 405 g/mol. The maximum Gasteiger partial charge on any atom is 0.418 e. The van der Waals surface area contributed by atoms with Gasteiger partial charge < -0.3 is 5.32 Å². The Hall–Kier alpha value is -1.52. The lowest BCUT2D eigenvalue weighted by molar-refractivity contribution is -0.137. The second-order valence-corrected chi connectivity index (χ2v) is 8.38. The van der Waals surface area contributed by atoms with E-state index in [-0.39, 0.29) is 11.4 Å². The zero-order chi connectivity index (χ0) is 18.4. The highest BCUT2D eigenvalue weighted by atomic mass is 32.2. The van der Waals surface area contributed by atoms with E-state index in [0.29, 0.717) is 4.34 Å². The highest BCUT2D eigenvalue weighted by Gasteiger charge is 2.33. The summed E-state index contributed by atoms with van der Waals surface area (Å²) in [5.74, 6) is 0.146. The maximum absolute atomic E-state index is 12.9. The zero-order valence-corrected chi connectivity index (χ0v) is 15.5. The molecular weight excluding hydrogens is 391 g/mol. The number of rotatable bonds is 7. The van der Waals surface area contributed by atoms with E-state index < -0.39 is 17.6 Å². The molecule has 0 radical (unpaired) electrons. The Morgan fingerprint density at radius 1 is 1.20 bits per heavy atom. The number of hydrogen-bond donors (Lipinski definition) is 1. The van der Waals surface area contributed by atoms with Crippen molar-refractivity contribution in [2.75, 3.05) is 16.8 Å². The third kappa shape index (κ3) is 6.37. The molecule has 2 rings (SSSR count). The largest absolute Gasteiger partial charge is 0.418 e. The van der Waals surface area contributed by atoms with Gasteiger partial charge in [-0.05, 0) is 19.1 Å². The van der Waals surface area contributed by atoms with Crippen molar-refractivity contribution >= 4 is 46.5 Å². The molecule has 0 aliphatic carbocycles. The highest BCUT2D eigenvalue weighted by molar-refractivity contribution is 8.03. The topological polar surface area (TPSA) is 54.9 Å². The van der Waals surface area contributed by atoms with Gasteiger partial charge >= 0.3 is 6.18 Å². The first-order chi connectivity index (χ1) is 11.8. The molecular formula is C15H14F3N3OS3. The summed E-state index contributed by atoms with van der Waals surface area (Å²) in [4.78, 5) is 11.9. The van der Waals surface area contributed by atoms with Crippen molar-refractivity contribution in [3.05, 3.63) is 42.0 Å². The van der Waals surface area contributed by atoms with Crippen molar-refractivity contribution in [3.63, 3.8) is 0 Å². The lowest BCUT2D eigenvalue weighted by Gasteiger charge is -2.13. The molecule has 0 aliphatic rings. The monoisotopic (exact) mass is 405 g/mol. The van der Waals surface area contributed by atoms with Crippen LogP contribution in [-0.4, -0.2) is 27.6 Å². The number of carbonyl (C=O) groups excluding carboxylic acids is 1. The molecule has 0 atom stereocenters. The minimum Gasteiger partial charge on any atom is -0.325 e. The summed E-state index contributed by atoms with van der Waals surface area (Å²) in [6, 6.07) is 4.87. The van der Waals surface area contributed by atoms with E-state index in [1.807, 2.05) is 6.92 Å². The molecule has 1 aromatic carbocycles. The van der Waals surface area contributed by atoms with Crippen LogP contribution in [0.15, 0.2) is 45.1 Å². The van der Waals surface area contributed by atoms with Gasteiger partial charge in [0.25, 0.3) is 0 Å². The predicted octanol–water partition coefficient (Wildman–Crippen LogP) is 4.96. The van der Waals surface area contributed by atoms with Gasteiger partial charge in [0, 0.05) is 5.75 Å². The number of para-hydroxylation sites is 1. The molecule has 0 bridgehead atoms. The molecule has 0 saturated carbocycles. The van der Waals surface area contributed by atoms with E-state index in [0.717, 1.165) is 33.5 Å². The molecule has 0 fully saturated rings. The Morgan fingerprint density at radius 2 is 1.80 bits per heavy atom. The van der Waals surface area contributed by atoms with Crippen molar-refractivity contribution in [1.29, 1.82) is 0 Å². The molecule has 2 aromatic rings. The quantitative estimate of drug-likeness (QED) is 0.521. The van der Waals surface area contributed by atoms with E-state index in [4.69, 9.17) is 0 Å². The molecule has 0 unspecified atom stereocenters. The van der Waals surface area contributed by atoms with Gasteiger partial charge in [-0.2, -0.15) is 13.2 Å². The fourth-order valence-electron chi connectivity index (χ4n) is 1.65. The first-order valence-electron chi connectivity index (χ1n) is 6.95. The Kier molecular flexibility index (Phi) is 6.91. The minimum atomic E-state index is -4.52. The van der Waals surface area contributed by atoms with Gasteiger partial charge in [0.2, 0.25) is 5.91 Å². The smallest absolute Gasteiger partial charge is 0.325 e. The fourth-order valence-corrected chi connectivity index (χ4v) is 4.31. The average Bonchev–Trinajstić information content (AvgIpc) is 2.98. The van der Waals surface area contributed by atoms with Crippen molar-refractivity contribution in [3.8, 4) is 0 Å². The number of nitrogens with one attached hydrogen (secondary N) is 1. The van der Waals surface area contributed by atoms with Crippen LogP contribution in [0.25, 0.3) is 0 Å². The molecule has 1 aromatic heterocycles. The lowest BCUT2D eigenvalue weighted by Crippen LogP contribution is -2.18. The SMILES string of the molecule is C=C(C)CSc1nnc(SCC(=O)Nc2ccccc2C(F)(F)F)s1. The van der Waals surface area contributed by atoms with Gasteiger partial charge in [-0.25, -0.2) is 0 Å². The van der Waals surface area contributed by atoms with Gasteiger partial charge in [0.1, 0.15) is 0 Å².